The quantitative estimate of drug-likeness (QED) is 0.649. The zero-order valence-electron chi connectivity index (χ0n) is 15.6. The number of pyridine rings is 1. The van der Waals surface area contributed by atoms with Crippen molar-refractivity contribution in [2.24, 2.45) is 0 Å². The molecule has 0 aliphatic rings. The van der Waals surface area contributed by atoms with Crippen LogP contribution in [0.5, 0.6) is 11.5 Å². The van der Waals surface area contributed by atoms with Crippen molar-refractivity contribution in [1.82, 2.24) is 9.71 Å². The lowest BCUT2D eigenvalue weighted by atomic mass is 10.2. The first-order valence-electron chi connectivity index (χ1n) is 8.57. The Kier molecular flexibility index (Phi) is 6.14. The van der Waals surface area contributed by atoms with Crippen molar-refractivity contribution in [3.05, 3.63) is 60.3 Å². The van der Waals surface area contributed by atoms with E-state index in [0.717, 1.165) is 16.5 Å². The standard InChI is InChI=1S/C21H20N2O4S/c1-16-14-19(9-10-21(16)26-2)28(24,25)23-12-3-4-13-27-18-8-7-17-6-5-11-22-20(17)15-18/h5-11,14-15,23H,12-13H2,1-2H3. The highest BCUT2D eigenvalue weighted by Gasteiger charge is 2.14. The molecule has 6 nitrogen and oxygen atoms in total. The van der Waals surface area contributed by atoms with Gasteiger partial charge in [0.25, 0.3) is 0 Å². The minimum Gasteiger partial charge on any atom is -0.496 e. The Morgan fingerprint density at radius 2 is 1.96 bits per heavy atom. The number of nitrogens with zero attached hydrogens (tertiary/aromatic N) is 1. The molecule has 1 heterocycles. The molecule has 0 spiro atoms. The van der Waals surface area contributed by atoms with Crippen LogP contribution in [0.1, 0.15) is 5.56 Å². The Bertz CT molecular complexity index is 1150. The van der Waals surface area contributed by atoms with Gasteiger partial charge in [-0.25, -0.2) is 8.42 Å². The number of rotatable bonds is 6. The SMILES string of the molecule is COc1ccc(S(=O)(=O)NCC#CCOc2ccc3cccnc3c2)cc1C. The molecule has 0 fully saturated rings. The second-order valence-electron chi connectivity index (χ2n) is 5.96. The number of ether oxygens (including phenoxy) is 2. The maximum atomic E-state index is 12.3. The molecule has 0 saturated heterocycles. The minimum atomic E-state index is -3.63. The highest BCUT2D eigenvalue weighted by Crippen LogP contribution is 2.21. The molecule has 7 heteroatoms. The summed E-state index contributed by atoms with van der Waals surface area (Å²) in [6, 6.07) is 14.2. The fourth-order valence-electron chi connectivity index (χ4n) is 2.60. The van der Waals surface area contributed by atoms with E-state index in [9.17, 15) is 8.42 Å². The number of aryl methyl sites for hydroxylation is 1. The average molecular weight is 396 g/mol. The van der Waals surface area contributed by atoms with Crippen LogP contribution in [0.3, 0.4) is 0 Å². The van der Waals surface area contributed by atoms with Crippen molar-refractivity contribution in [1.29, 1.82) is 0 Å². The molecule has 3 aromatic rings. The maximum absolute atomic E-state index is 12.3. The van der Waals surface area contributed by atoms with E-state index in [4.69, 9.17) is 9.47 Å². The second kappa shape index (κ2) is 8.74. The van der Waals surface area contributed by atoms with Gasteiger partial charge in [0.2, 0.25) is 10.0 Å². The lowest BCUT2D eigenvalue weighted by molar-refractivity contribution is 0.370. The molecule has 0 amide bonds. The second-order valence-corrected chi connectivity index (χ2v) is 7.72. The van der Waals surface area contributed by atoms with Gasteiger partial charge in [-0.3, -0.25) is 4.98 Å². The molecule has 0 atom stereocenters. The number of hydrogen-bond donors (Lipinski definition) is 1. The normalized spacial score (nSPS) is 10.9. The van der Waals surface area contributed by atoms with Gasteiger partial charge >= 0.3 is 0 Å². The number of fused-ring (bicyclic) bond motifs is 1. The highest BCUT2D eigenvalue weighted by molar-refractivity contribution is 7.89. The zero-order chi connectivity index (χ0) is 20.0. The molecule has 0 aliphatic heterocycles. The lowest BCUT2D eigenvalue weighted by Gasteiger charge is -2.08. The Morgan fingerprint density at radius 3 is 2.75 bits per heavy atom. The zero-order valence-corrected chi connectivity index (χ0v) is 16.4. The highest BCUT2D eigenvalue weighted by atomic mass is 32.2. The van der Waals surface area contributed by atoms with Crippen LogP contribution in [0.2, 0.25) is 0 Å². The monoisotopic (exact) mass is 396 g/mol. The number of nitrogens with one attached hydrogen (secondary N) is 1. The van der Waals surface area contributed by atoms with E-state index in [1.54, 1.807) is 32.4 Å². The first-order valence-corrected chi connectivity index (χ1v) is 10.1. The summed E-state index contributed by atoms with van der Waals surface area (Å²) in [5, 5.41) is 1.03. The van der Waals surface area contributed by atoms with Gasteiger partial charge in [-0.15, -0.1) is 0 Å². The van der Waals surface area contributed by atoms with Crippen LogP contribution in [0.25, 0.3) is 10.9 Å². The van der Waals surface area contributed by atoms with E-state index in [2.05, 4.69) is 21.5 Å². The Morgan fingerprint density at radius 1 is 1.11 bits per heavy atom. The van der Waals surface area contributed by atoms with Crippen LogP contribution in [-0.2, 0) is 10.0 Å². The van der Waals surface area contributed by atoms with Crippen molar-refractivity contribution < 1.29 is 17.9 Å². The van der Waals surface area contributed by atoms with E-state index in [-0.39, 0.29) is 18.0 Å². The minimum absolute atomic E-state index is 0.00392. The summed E-state index contributed by atoms with van der Waals surface area (Å²) in [4.78, 5) is 4.45. The summed E-state index contributed by atoms with van der Waals surface area (Å²) in [5.74, 6) is 6.85. The molecule has 1 aromatic heterocycles. The number of hydrogen-bond acceptors (Lipinski definition) is 5. The summed E-state index contributed by atoms with van der Waals surface area (Å²) in [6.07, 6.45) is 1.72. The molecule has 144 valence electrons. The van der Waals surface area contributed by atoms with Gasteiger partial charge in [-0.1, -0.05) is 17.9 Å². The first-order chi connectivity index (χ1) is 13.5. The molecule has 0 radical (unpaired) electrons. The van der Waals surface area contributed by atoms with Crippen molar-refractivity contribution in [2.75, 3.05) is 20.3 Å². The van der Waals surface area contributed by atoms with Crippen molar-refractivity contribution in [3.8, 4) is 23.3 Å². The largest absolute Gasteiger partial charge is 0.496 e. The molecular formula is C21H20N2O4S. The molecule has 28 heavy (non-hydrogen) atoms. The smallest absolute Gasteiger partial charge is 0.241 e. The van der Waals surface area contributed by atoms with Crippen LogP contribution < -0.4 is 14.2 Å². The van der Waals surface area contributed by atoms with Gasteiger partial charge in [0.1, 0.15) is 18.1 Å². The molecule has 0 bridgehead atoms. The molecule has 3 rings (SSSR count). The van der Waals surface area contributed by atoms with Crippen LogP contribution in [0, 0.1) is 18.8 Å². The fourth-order valence-corrected chi connectivity index (χ4v) is 3.61. The summed E-state index contributed by atoms with van der Waals surface area (Å²) >= 11 is 0. The van der Waals surface area contributed by atoms with E-state index in [1.165, 1.54) is 6.07 Å². The van der Waals surface area contributed by atoms with Gasteiger partial charge in [0.15, 0.2) is 0 Å². The van der Waals surface area contributed by atoms with Gasteiger partial charge in [-0.2, -0.15) is 4.72 Å². The van der Waals surface area contributed by atoms with Gasteiger partial charge in [-0.05, 0) is 48.9 Å². The van der Waals surface area contributed by atoms with Gasteiger partial charge in [0.05, 0.1) is 24.1 Å². The third kappa shape index (κ3) is 4.80. The van der Waals surface area contributed by atoms with E-state index in [0.29, 0.717) is 11.5 Å². The number of methoxy groups -OCH3 is 1. The summed E-state index contributed by atoms with van der Waals surface area (Å²) in [7, 11) is -2.09. The number of aromatic nitrogens is 1. The molecule has 2 aromatic carbocycles. The predicted octanol–water partition coefficient (Wildman–Crippen LogP) is 2.91. The predicted molar refractivity (Wildman–Crippen MR) is 108 cm³/mol. The van der Waals surface area contributed by atoms with Crippen molar-refractivity contribution in [2.45, 2.75) is 11.8 Å². The van der Waals surface area contributed by atoms with E-state index in [1.807, 2.05) is 30.3 Å². The topological polar surface area (TPSA) is 77.5 Å². The Hall–Kier alpha value is -3.08. The van der Waals surface area contributed by atoms with Crippen LogP contribution in [0.15, 0.2) is 59.6 Å². The van der Waals surface area contributed by atoms with E-state index < -0.39 is 10.0 Å². The molecule has 0 saturated carbocycles. The number of sulfonamides is 1. The maximum Gasteiger partial charge on any atom is 0.241 e. The fraction of sp³-hybridized carbons (Fsp3) is 0.190. The molecule has 0 aliphatic carbocycles. The molecule has 0 unspecified atom stereocenters. The average Bonchev–Trinajstić information content (AvgIpc) is 2.70. The van der Waals surface area contributed by atoms with Crippen LogP contribution >= 0.6 is 0 Å². The Balaban J connectivity index is 1.53. The summed E-state index contributed by atoms with van der Waals surface area (Å²) < 4.78 is 37.8. The van der Waals surface area contributed by atoms with Crippen molar-refractivity contribution in [3.63, 3.8) is 0 Å². The summed E-state index contributed by atoms with van der Waals surface area (Å²) in [5.41, 5.74) is 1.59. The third-order valence-corrected chi connectivity index (χ3v) is 5.44. The molecule has 1 N–H and O–H groups in total. The van der Waals surface area contributed by atoms with Gasteiger partial charge in [0, 0.05) is 17.6 Å². The van der Waals surface area contributed by atoms with Crippen LogP contribution in [-0.4, -0.2) is 33.7 Å². The first kappa shape index (κ1) is 19.7. The van der Waals surface area contributed by atoms with E-state index >= 15 is 0 Å². The number of benzene rings is 2. The van der Waals surface area contributed by atoms with Crippen LogP contribution in [0.4, 0.5) is 0 Å². The lowest BCUT2D eigenvalue weighted by Crippen LogP contribution is -2.24. The summed E-state index contributed by atoms with van der Waals surface area (Å²) in [6.45, 7) is 1.94. The third-order valence-electron chi connectivity index (χ3n) is 4.04. The molecular weight excluding hydrogens is 376 g/mol. The van der Waals surface area contributed by atoms with Gasteiger partial charge < -0.3 is 9.47 Å². The Labute approximate surface area is 164 Å². The van der Waals surface area contributed by atoms with Crippen molar-refractivity contribution >= 4 is 20.9 Å².